The molecular weight excluding hydrogens is 278 g/mol. The Morgan fingerprint density at radius 1 is 1.32 bits per heavy atom. The molecule has 1 aromatic heterocycles. The Bertz CT molecular complexity index is 447. The molecule has 2 aliphatic carbocycles. The quantitative estimate of drug-likeness (QED) is 0.846. The number of aryl methyl sites for hydroxylation is 2. The van der Waals surface area contributed by atoms with E-state index < -0.39 is 0 Å². The second-order valence-corrected chi connectivity index (χ2v) is 7.14. The van der Waals surface area contributed by atoms with Gasteiger partial charge in [0.05, 0.1) is 4.88 Å². The zero-order chi connectivity index (χ0) is 13.2. The van der Waals surface area contributed by atoms with E-state index in [0.717, 1.165) is 30.6 Å². The Kier molecular flexibility index (Phi) is 4.13. The molecular formula is C15H20ClNOS. The van der Waals surface area contributed by atoms with Crippen LogP contribution in [0.15, 0.2) is 6.07 Å². The predicted octanol–water partition coefficient (Wildman–Crippen LogP) is 3.76. The molecule has 1 heterocycles. The van der Waals surface area contributed by atoms with Crippen molar-refractivity contribution in [2.45, 2.75) is 51.0 Å². The van der Waals surface area contributed by atoms with Crippen LogP contribution in [0.25, 0.3) is 0 Å². The summed E-state index contributed by atoms with van der Waals surface area (Å²) >= 11 is 7.66. The molecule has 0 radical (unpaired) electrons. The van der Waals surface area contributed by atoms with Crippen molar-refractivity contribution >= 4 is 28.8 Å². The highest BCUT2D eigenvalue weighted by molar-refractivity contribution is 7.14. The molecule has 0 aromatic carbocycles. The molecule has 0 aliphatic heterocycles. The van der Waals surface area contributed by atoms with Gasteiger partial charge in [-0.3, -0.25) is 4.79 Å². The lowest BCUT2D eigenvalue weighted by Crippen LogP contribution is -2.37. The zero-order valence-corrected chi connectivity index (χ0v) is 12.7. The van der Waals surface area contributed by atoms with Gasteiger partial charge in [-0.2, -0.15) is 0 Å². The highest BCUT2D eigenvalue weighted by atomic mass is 35.5. The zero-order valence-electron chi connectivity index (χ0n) is 11.1. The molecule has 4 heteroatoms. The van der Waals surface area contributed by atoms with E-state index in [-0.39, 0.29) is 11.9 Å². The Morgan fingerprint density at radius 2 is 2.16 bits per heavy atom. The number of hydrogen-bond donors (Lipinski definition) is 1. The third-order valence-electron chi connectivity index (χ3n) is 4.39. The van der Waals surface area contributed by atoms with Gasteiger partial charge in [-0.25, -0.2) is 0 Å². The van der Waals surface area contributed by atoms with E-state index in [4.69, 9.17) is 11.6 Å². The first-order chi connectivity index (χ1) is 9.28. The lowest BCUT2D eigenvalue weighted by atomic mass is 9.99. The van der Waals surface area contributed by atoms with Crippen molar-refractivity contribution in [2.24, 2.45) is 5.92 Å². The van der Waals surface area contributed by atoms with Gasteiger partial charge in [-0.15, -0.1) is 22.9 Å². The number of halogens is 1. The highest BCUT2D eigenvalue weighted by Crippen LogP contribution is 2.31. The first-order valence-electron chi connectivity index (χ1n) is 7.26. The fourth-order valence-electron chi connectivity index (χ4n) is 3.25. The number of rotatable bonds is 3. The summed E-state index contributed by atoms with van der Waals surface area (Å²) in [7, 11) is 0. The molecule has 1 aromatic rings. The van der Waals surface area contributed by atoms with Crippen molar-refractivity contribution in [2.75, 3.05) is 5.88 Å². The molecule has 2 unspecified atom stereocenters. The maximum absolute atomic E-state index is 12.3. The van der Waals surface area contributed by atoms with Gasteiger partial charge in [-0.1, -0.05) is 6.42 Å². The van der Waals surface area contributed by atoms with E-state index in [1.807, 2.05) is 0 Å². The smallest absolute Gasteiger partial charge is 0.261 e. The van der Waals surface area contributed by atoms with Crippen LogP contribution in [0.4, 0.5) is 0 Å². The molecule has 3 rings (SSSR count). The molecule has 0 saturated heterocycles. The van der Waals surface area contributed by atoms with Crippen LogP contribution >= 0.6 is 22.9 Å². The van der Waals surface area contributed by atoms with Crippen molar-refractivity contribution in [3.63, 3.8) is 0 Å². The second-order valence-electron chi connectivity index (χ2n) is 5.69. The van der Waals surface area contributed by atoms with Crippen molar-refractivity contribution in [3.05, 3.63) is 21.4 Å². The summed E-state index contributed by atoms with van der Waals surface area (Å²) in [6, 6.07) is 2.39. The van der Waals surface area contributed by atoms with Crippen LogP contribution in [0, 0.1) is 5.92 Å². The Hall–Kier alpha value is -0.540. The number of amides is 1. The molecule has 0 bridgehead atoms. The minimum Gasteiger partial charge on any atom is -0.348 e. The number of alkyl halides is 1. The predicted molar refractivity (Wildman–Crippen MR) is 80.3 cm³/mol. The maximum Gasteiger partial charge on any atom is 0.261 e. The van der Waals surface area contributed by atoms with Gasteiger partial charge >= 0.3 is 0 Å². The van der Waals surface area contributed by atoms with Gasteiger partial charge in [-0.05, 0) is 56.1 Å². The van der Waals surface area contributed by atoms with Gasteiger partial charge in [0, 0.05) is 16.8 Å². The molecule has 1 N–H and O–H groups in total. The summed E-state index contributed by atoms with van der Waals surface area (Å²) in [6.45, 7) is 0. The van der Waals surface area contributed by atoms with Crippen LogP contribution in [0.1, 0.15) is 52.2 Å². The monoisotopic (exact) mass is 297 g/mol. The average molecular weight is 298 g/mol. The van der Waals surface area contributed by atoms with Crippen molar-refractivity contribution < 1.29 is 4.79 Å². The fraction of sp³-hybridized carbons (Fsp3) is 0.667. The Balaban J connectivity index is 1.68. The second kappa shape index (κ2) is 5.84. The maximum atomic E-state index is 12.3. The fourth-order valence-corrected chi connectivity index (χ4v) is 4.78. The van der Waals surface area contributed by atoms with Crippen LogP contribution in [0.5, 0.6) is 0 Å². The van der Waals surface area contributed by atoms with Gasteiger partial charge < -0.3 is 5.32 Å². The van der Waals surface area contributed by atoms with Crippen LogP contribution in [-0.4, -0.2) is 17.8 Å². The molecule has 2 atom stereocenters. The third-order valence-corrected chi connectivity index (χ3v) is 6.03. The number of nitrogens with one attached hydrogen (secondary N) is 1. The van der Waals surface area contributed by atoms with E-state index in [0.29, 0.717) is 11.8 Å². The standard InChI is InChI=1S/C15H20ClNOS/c16-9-11-5-3-6-12(11)17-15(18)14-8-10-4-1-2-7-13(10)19-14/h8,11-12H,1-7,9H2,(H,17,18). The van der Waals surface area contributed by atoms with E-state index in [1.54, 1.807) is 11.3 Å². The number of hydrogen-bond acceptors (Lipinski definition) is 2. The first kappa shape index (κ1) is 13.4. The van der Waals surface area contributed by atoms with E-state index in [1.165, 1.54) is 29.7 Å². The van der Waals surface area contributed by atoms with Crippen LogP contribution in [-0.2, 0) is 12.8 Å². The van der Waals surface area contributed by atoms with Crippen molar-refractivity contribution in [1.29, 1.82) is 0 Å². The lowest BCUT2D eigenvalue weighted by Gasteiger charge is -2.18. The molecule has 0 spiro atoms. The summed E-state index contributed by atoms with van der Waals surface area (Å²) < 4.78 is 0. The molecule has 104 valence electrons. The van der Waals surface area contributed by atoms with E-state index in [9.17, 15) is 4.79 Å². The van der Waals surface area contributed by atoms with Crippen molar-refractivity contribution in [1.82, 2.24) is 5.32 Å². The van der Waals surface area contributed by atoms with Gasteiger partial charge in [0.1, 0.15) is 0 Å². The molecule has 1 amide bonds. The van der Waals surface area contributed by atoms with Gasteiger partial charge in [0.25, 0.3) is 5.91 Å². The van der Waals surface area contributed by atoms with Crippen molar-refractivity contribution in [3.8, 4) is 0 Å². The first-order valence-corrected chi connectivity index (χ1v) is 8.61. The van der Waals surface area contributed by atoms with Gasteiger partial charge in [0.15, 0.2) is 0 Å². The highest BCUT2D eigenvalue weighted by Gasteiger charge is 2.28. The molecule has 19 heavy (non-hydrogen) atoms. The van der Waals surface area contributed by atoms with Crippen LogP contribution in [0.2, 0.25) is 0 Å². The lowest BCUT2D eigenvalue weighted by molar-refractivity contribution is 0.0934. The largest absolute Gasteiger partial charge is 0.348 e. The molecule has 1 saturated carbocycles. The number of fused-ring (bicyclic) bond motifs is 1. The normalized spacial score (nSPS) is 26.2. The van der Waals surface area contributed by atoms with E-state index in [2.05, 4.69) is 11.4 Å². The minimum absolute atomic E-state index is 0.112. The SMILES string of the molecule is O=C(NC1CCCC1CCl)c1cc2c(s1)CCCC2. The molecule has 2 nitrogen and oxygen atoms in total. The van der Waals surface area contributed by atoms with Gasteiger partial charge in [0.2, 0.25) is 0 Å². The third kappa shape index (κ3) is 2.82. The topological polar surface area (TPSA) is 29.1 Å². The van der Waals surface area contributed by atoms with Crippen LogP contribution in [0.3, 0.4) is 0 Å². The summed E-state index contributed by atoms with van der Waals surface area (Å²) in [5, 5.41) is 3.19. The Labute approximate surface area is 123 Å². The average Bonchev–Trinajstić information content (AvgIpc) is 3.03. The number of thiophene rings is 1. The summed E-state index contributed by atoms with van der Waals surface area (Å²) in [6.07, 6.45) is 8.24. The number of carbonyl (C=O) groups excluding carboxylic acids is 1. The molecule has 1 fully saturated rings. The summed E-state index contributed by atoms with van der Waals surface area (Å²) in [4.78, 5) is 14.7. The minimum atomic E-state index is 0.112. The Morgan fingerprint density at radius 3 is 2.95 bits per heavy atom. The van der Waals surface area contributed by atoms with E-state index >= 15 is 0 Å². The molecule has 2 aliphatic rings. The summed E-state index contributed by atoms with van der Waals surface area (Å²) in [5.41, 5.74) is 1.40. The van der Waals surface area contributed by atoms with Crippen LogP contribution < -0.4 is 5.32 Å². The number of carbonyl (C=O) groups is 1. The summed E-state index contributed by atoms with van der Waals surface area (Å²) in [5.74, 6) is 1.23.